The molecule has 8 heteroatoms. The van der Waals surface area contributed by atoms with Crippen LogP contribution in [0.25, 0.3) is 11.4 Å². The Morgan fingerprint density at radius 2 is 1.96 bits per heavy atom. The number of nitrogens with zero attached hydrogens (tertiary/aromatic N) is 4. The molecule has 0 amide bonds. The third-order valence-corrected chi connectivity index (χ3v) is 5.66. The number of nitrogens with one attached hydrogen (secondary N) is 2. The molecule has 1 saturated carbocycles. The highest BCUT2D eigenvalue weighted by Crippen LogP contribution is 2.48. The summed E-state index contributed by atoms with van der Waals surface area (Å²) in [5, 5.41) is 10.9. The van der Waals surface area contributed by atoms with Crippen LogP contribution in [0.3, 0.4) is 0 Å². The number of aryl methyl sites for hydroxylation is 1. The van der Waals surface area contributed by atoms with Crippen LogP contribution in [0.2, 0.25) is 5.02 Å². The Hall–Kier alpha value is -2.67. The first-order valence-corrected chi connectivity index (χ1v) is 9.75. The molecule has 5 rings (SSSR count). The average molecular weight is 399 g/mol. The molecule has 144 valence electrons. The lowest BCUT2D eigenvalue weighted by Crippen LogP contribution is -2.60. The van der Waals surface area contributed by atoms with E-state index in [9.17, 15) is 4.39 Å². The van der Waals surface area contributed by atoms with E-state index >= 15 is 0 Å². The smallest absolute Gasteiger partial charge is 0.165 e. The summed E-state index contributed by atoms with van der Waals surface area (Å²) in [6.07, 6.45) is 1.98. The number of H-pyrrole nitrogens is 1. The number of rotatable bonds is 5. The monoisotopic (exact) mass is 398 g/mol. The van der Waals surface area contributed by atoms with Gasteiger partial charge in [0.25, 0.3) is 0 Å². The number of hydrogen-bond acceptors (Lipinski definition) is 5. The molecule has 3 aromatic rings. The number of anilines is 3. The molecule has 2 fully saturated rings. The molecule has 2 N–H and O–H groups in total. The Kier molecular flexibility index (Phi) is 4.01. The van der Waals surface area contributed by atoms with E-state index in [1.165, 1.54) is 0 Å². The predicted molar refractivity (Wildman–Crippen MR) is 108 cm³/mol. The topological polar surface area (TPSA) is 69.7 Å². The normalized spacial score (nSPS) is 18.0. The van der Waals surface area contributed by atoms with Gasteiger partial charge in [-0.1, -0.05) is 23.7 Å². The van der Waals surface area contributed by atoms with Crippen molar-refractivity contribution < 1.29 is 4.39 Å². The zero-order valence-corrected chi connectivity index (χ0v) is 16.2. The number of halogens is 2. The van der Waals surface area contributed by atoms with Crippen LogP contribution < -0.4 is 10.2 Å². The van der Waals surface area contributed by atoms with Crippen LogP contribution in [0.4, 0.5) is 21.8 Å². The molecule has 1 saturated heterocycles. The van der Waals surface area contributed by atoms with E-state index in [1.807, 2.05) is 42.2 Å². The van der Waals surface area contributed by atoms with Gasteiger partial charge in [0.1, 0.15) is 17.3 Å². The summed E-state index contributed by atoms with van der Waals surface area (Å²) in [5.41, 5.74) is 0.599. The lowest BCUT2D eigenvalue weighted by atomic mass is 9.91. The van der Waals surface area contributed by atoms with E-state index in [-0.39, 0.29) is 5.92 Å². The molecule has 6 nitrogen and oxygen atoms in total. The van der Waals surface area contributed by atoms with Crippen molar-refractivity contribution in [2.24, 2.45) is 5.92 Å². The van der Waals surface area contributed by atoms with E-state index in [2.05, 4.69) is 25.5 Å². The second-order valence-corrected chi connectivity index (χ2v) is 8.05. The quantitative estimate of drug-likeness (QED) is 0.661. The first-order valence-electron chi connectivity index (χ1n) is 9.37. The molecule has 0 atom stereocenters. The van der Waals surface area contributed by atoms with Crippen LogP contribution >= 0.6 is 11.6 Å². The lowest BCUT2D eigenvalue weighted by Gasteiger charge is -2.45. The Bertz CT molecular complexity index is 1030. The summed E-state index contributed by atoms with van der Waals surface area (Å²) in [7, 11) is 0. The second-order valence-electron chi connectivity index (χ2n) is 7.64. The number of benzene rings is 1. The minimum atomic E-state index is -1.08. The molecular formula is C20H20ClFN6. The van der Waals surface area contributed by atoms with Crippen molar-refractivity contribution in [2.75, 3.05) is 23.3 Å². The highest BCUT2D eigenvalue weighted by molar-refractivity contribution is 6.33. The first-order chi connectivity index (χ1) is 13.5. The van der Waals surface area contributed by atoms with Crippen LogP contribution in [-0.4, -0.2) is 38.9 Å². The molecule has 1 aliphatic heterocycles. The van der Waals surface area contributed by atoms with Crippen molar-refractivity contribution in [2.45, 2.75) is 25.4 Å². The van der Waals surface area contributed by atoms with Crippen molar-refractivity contribution in [3.63, 3.8) is 0 Å². The Morgan fingerprint density at radius 1 is 1.18 bits per heavy atom. The highest BCUT2D eigenvalue weighted by atomic mass is 35.5. The molecule has 0 bridgehead atoms. The molecule has 1 aromatic carbocycles. The summed E-state index contributed by atoms with van der Waals surface area (Å²) < 4.78 is 14.8. The first kappa shape index (κ1) is 17.4. The van der Waals surface area contributed by atoms with E-state index in [0.29, 0.717) is 41.4 Å². The molecule has 1 aliphatic carbocycles. The largest absolute Gasteiger partial charge is 0.350 e. The molecule has 0 radical (unpaired) electrons. The van der Waals surface area contributed by atoms with E-state index in [1.54, 1.807) is 6.07 Å². The second kappa shape index (κ2) is 6.44. The van der Waals surface area contributed by atoms with Crippen molar-refractivity contribution in [3.8, 4) is 11.4 Å². The van der Waals surface area contributed by atoms with Crippen LogP contribution in [0.15, 0.2) is 36.4 Å². The van der Waals surface area contributed by atoms with Crippen LogP contribution in [0.5, 0.6) is 0 Å². The molecular weight excluding hydrogens is 379 g/mol. The van der Waals surface area contributed by atoms with Gasteiger partial charge in [-0.05, 0) is 37.8 Å². The fourth-order valence-corrected chi connectivity index (χ4v) is 3.87. The summed E-state index contributed by atoms with van der Waals surface area (Å²) in [6.45, 7) is 2.67. The molecule has 0 spiro atoms. The third kappa shape index (κ3) is 3.20. The molecule has 3 heterocycles. The Balaban J connectivity index is 1.49. The van der Waals surface area contributed by atoms with E-state index < -0.39 is 5.67 Å². The van der Waals surface area contributed by atoms with Gasteiger partial charge >= 0.3 is 0 Å². The van der Waals surface area contributed by atoms with Gasteiger partial charge in [-0.15, -0.1) is 0 Å². The summed E-state index contributed by atoms with van der Waals surface area (Å²) in [6, 6.07) is 11.2. The molecule has 28 heavy (non-hydrogen) atoms. The van der Waals surface area contributed by atoms with Gasteiger partial charge in [-0.3, -0.25) is 5.10 Å². The van der Waals surface area contributed by atoms with Gasteiger partial charge in [0.15, 0.2) is 11.6 Å². The zero-order chi connectivity index (χ0) is 19.3. The van der Waals surface area contributed by atoms with Gasteiger partial charge in [0.05, 0.1) is 18.1 Å². The van der Waals surface area contributed by atoms with Crippen molar-refractivity contribution >= 4 is 29.1 Å². The fraction of sp³-hybridized carbons (Fsp3) is 0.350. The number of alkyl halides is 1. The maximum atomic E-state index is 14.8. The van der Waals surface area contributed by atoms with Crippen LogP contribution in [0, 0.1) is 12.8 Å². The summed E-state index contributed by atoms with van der Waals surface area (Å²) in [4.78, 5) is 11.2. The lowest BCUT2D eigenvalue weighted by molar-refractivity contribution is 0.0925. The van der Waals surface area contributed by atoms with Gasteiger partial charge < -0.3 is 10.2 Å². The number of aromatic amines is 1. The summed E-state index contributed by atoms with van der Waals surface area (Å²) in [5.74, 6) is 2.65. The van der Waals surface area contributed by atoms with E-state index in [0.717, 1.165) is 24.1 Å². The zero-order valence-electron chi connectivity index (χ0n) is 15.4. The SMILES string of the molecule is Cc1cc(Nc2cc(N3CC(F)(C4CC4)C3)nc(-c3ccccc3Cl)n2)n[nH]1. The Morgan fingerprint density at radius 3 is 2.64 bits per heavy atom. The third-order valence-electron chi connectivity index (χ3n) is 5.33. The minimum absolute atomic E-state index is 0.207. The number of hydrogen-bond donors (Lipinski definition) is 2. The van der Waals surface area contributed by atoms with Gasteiger partial charge in [-0.25, -0.2) is 14.4 Å². The maximum absolute atomic E-state index is 14.8. The van der Waals surface area contributed by atoms with Crippen molar-refractivity contribution in [1.29, 1.82) is 0 Å². The fourth-order valence-electron chi connectivity index (χ4n) is 3.65. The standard InChI is InChI=1S/C20H20ClFN6/c1-12-8-17(27-26-12)23-16-9-18(28-10-20(22,11-28)13-6-7-13)25-19(24-16)14-4-2-3-5-15(14)21/h2-5,8-9,13H,6-7,10-11H2,1H3,(H2,23,24,25,26,27). The van der Waals surface area contributed by atoms with Gasteiger partial charge in [-0.2, -0.15) is 5.10 Å². The predicted octanol–water partition coefficient (Wildman–Crippen LogP) is 4.51. The van der Waals surface area contributed by atoms with Gasteiger partial charge in [0, 0.05) is 23.4 Å². The van der Waals surface area contributed by atoms with Crippen LogP contribution in [-0.2, 0) is 0 Å². The van der Waals surface area contributed by atoms with Crippen molar-refractivity contribution in [1.82, 2.24) is 20.2 Å². The van der Waals surface area contributed by atoms with Crippen LogP contribution in [0.1, 0.15) is 18.5 Å². The molecule has 2 aliphatic rings. The maximum Gasteiger partial charge on any atom is 0.165 e. The minimum Gasteiger partial charge on any atom is -0.350 e. The average Bonchev–Trinajstić information content (AvgIpc) is 3.43. The van der Waals surface area contributed by atoms with Crippen molar-refractivity contribution in [3.05, 3.63) is 47.1 Å². The number of aromatic nitrogens is 4. The van der Waals surface area contributed by atoms with E-state index in [4.69, 9.17) is 11.6 Å². The Labute approximate surface area is 167 Å². The molecule has 0 unspecified atom stereocenters. The molecule has 2 aromatic heterocycles. The summed E-state index contributed by atoms with van der Waals surface area (Å²) >= 11 is 6.36. The van der Waals surface area contributed by atoms with Gasteiger partial charge in [0.2, 0.25) is 0 Å². The highest BCUT2D eigenvalue weighted by Gasteiger charge is 2.54.